The van der Waals surface area contributed by atoms with E-state index in [1.165, 1.54) is 0 Å². The third-order valence-corrected chi connectivity index (χ3v) is 3.19. The minimum absolute atomic E-state index is 0.0548. The van der Waals surface area contributed by atoms with E-state index in [1.807, 2.05) is 26.8 Å². The highest BCUT2D eigenvalue weighted by atomic mass is 16.5. The predicted molar refractivity (Wildman–Crippen MR) is 56.6 cm³/mol. The molecule has 0 aliphatic heterocycles. The Hall–Kier alpha value is -0.830. The average molecular weight is 210 g/mol. The van der Waals surface area contributed by atoms with Gasteiger partial charge in [0.1, 0.15) is 0 Å². The molecule has 2 rings (SSSR count). The van der Waals surface area contributed by atoms with Crippen molar-refractivity contribution in [1.82, 2.24) is 0 Å². The molecule has 1 fully saturated rings. The van der Waals surface area contributed by atoms with Crippen LogP contribution in [-0.2, 0) is 9.53 Å². The summed E-state index contributed by atoms with van der Waals surface area (Å²) in [6, 6.07) is 0. The molecule has 0 spiro atoms. The van der Waals surface area contributed by atoms with Crippen LogP contribution in [0.15, 0.2) is 12.2 Å². The molecular weight excluding hydrogens is 192 g/mol. The van der Waals surface area contributed by atoms with Gasteiger partial charge in [-0.25, -0.2) is 4.79 Å². The van der Waals surface area contributed by atoms with Crippen LogP contribution in [0.25, 0.3) is 0 Å². The molecule has 1 N–H and O–H groups in total. The second-order valence-electron chi connectivity index (χ2n) is 5.60. The van der Waals surface area contributed by atoms with Crippen molar-refractivity contribution in [2.24, 2.45) is 11.8 Å². The molecule has 0 aromatic rings. The number of carboxylic acid groups (broad SMARTS) is 1. The number of carbonyl (C=O) groups is 1. The lowest BCUT2D eigenvalue weighted by Crippen LogP contribution is -2.49. The van der Waals surface area contributed by atoms with E-state index in [-0.39, 0.29) is 5.92 Å². The van der Waals surface area contributed by atoms with E-state index in [1.54, 1.807) is 0 Å². The van der Waals surface area contributed by atoms with Gasteiger partial charge in [0.2, 0.25) is 0 Å². The molecule has 3 unspecified atom stereocenters. The Balaban J connectivity index is 2.27. The summed E-state index contributed by atoms with van der Waals surface area (Å²) in [6.07, 6.45) is 5.69. The van der Waals surface area contributed by atoms with Gasteiger partial charge in [0, 0.05) is 5.92 Å². The third-order valence-electron chi connectivity index (χ3n) is 3.19. The zero-order valence-electron chi connectivity index (χ0n) is 9.49. The molecule has 0 aromatic carbocycles. The fourth-order valence-corrected chi connectivity index (χ4v) is 2.77. The van der Waals surface area contributed by atoms with E-state index < -0.39 is 17.2 Å². The monoisotopic (exact) mass is 210 g/mol. The van der Waals surface area contributed by atoms with Crippen molar-refractivity contribution in [2.75, 3.05) is 0 Å². The highest BCUT2D eigenvalue weighted by Crippen LogP contribution is 2.50. The first-order valence-corrected chi connectivity index (χ1v) is 5.45. The minimum Gasteiger partial charge on any atom is -0.479 e. The van der Waals surface area contributed by atoms with Gasteiger partial charge in [-0.2, -0.15) is 0 Å². The number of carboxylic acids is 1. The van der Waals surface area contributed by atoms with Crippen molar-refractivity contribution in [3.8, 4) is 0 Å². The molecule has 2 aliphatic carbocycles. The van der Waals surface area contributed by atoms with Crippen LogP contribution in [0.3, 0.4) is 0 Å². The summed E-state index contributed by atoms with van der Waals surface area (Å²) >= 11 is 0. The predicted octanol–water partition coefficient (Wildman–Crippen LogP) is 2.22. The topological polar surface area (TPSA) is 46.5 Å². The number of allylic oxidation sites excluding steroid dienone is 1. The van der Waals surface area contributed by atoms with E-state index in [2.05, 4.69) is 6.08 Å². The first-order valence-electron chi connectivity index (χ1n) is 5.45. The van der Waals surface area contributed by atoms with Crippen molar-refractivity contribution >= 4 is 5.97 Å². The molecular formula is C12H18O3. The molecule has 0 radical (unpaired) electrons. The smallest absolute Gasteiger partial charge is 0.336 e. The van der Waals surface area contributed by atoms with Gasteiger partial charge in [-0.05, 0) is 39.5 Å². The number of ether oxygens (including phenoxy) is 1. The second-order valence-corrected chi connectivity index (χ2v) is 5.60. The molecule has 84 valence electrons. The fourth-order valence-electron chi connectivity index (χ4n) is 2.77. The Kier molecular flexibility index (Phi) is 2.19. The lowest BCUT2D eigenvalue weighted by atomic mass is 9.87. The van der Waals surface area contributed by atoms with Crippen molar-refractivity contribution in [1.29, 1.82) is 0 Å². The first-order chi connectivity index (χ1) is 6.83. The van der Waals surface area contributed by atoms with E-state index in [9.17, 15) is 9.90 Å². The molecule has 0 saturated heterocycles. The van der Waals surface area contributed by atoms with Crippen LogP contribution in [0.4, 0.5) is 0 Å². The summed E-state index contributed by atoms with van der Waals surface area (Å²) in [6.45, 7) is 5.73. The first kappa shape index (κ1) is 10.7. The lowest BCUT2D eigenvalue weighted by molar-refractivity contribution is -0.190. The SMILES string of the molecule is CC(C)(C)OC1(C(=O)O)CC2C=CC1C2. The van der Waals surface area contributed by atoms with Crippen LogP contribution in [0.2, 0.25) is 0 Å². The van der Waals surface area contributed by atoms with Gasteiger partial charge in [-0.15, -0.1) is 0 Å². The maximum Gasteiger partial charge on any atom is 0.336 e. The van der Waals surface area contributed by atoms with Gasteiger partial charge in [0.05, 0.1) is 5.60 Å². The molecule has 3 nitrogen and oxygen atoms in total. The van der Waals surface area contributed by atoms with Crippen LogP contribution >= 0.6 is 0 Å². The summed E-state index contributed by atoms with van der Waals surface area (Å²) < 4.78 is 5.83. The number of rotatable bonds is 2. The molecule has 3 heteroatoms. The maximum absolute atomic E-state index is 11.4. The van der Waals surface area contributed by atoms with Gasteiger partial charge in [0.15, 0.2) is 5.60 Å². The number of fused-ring (bicyclic) bond motifs is 2. The zero-order valence-corrected chi connectivity index (χ0v) is 9.49. The Labute approximate surface area is 90.1 Å². The third kappa shape index (κ3) is 1.69. The van der Waals surface area contributed by atoms with Gasteiger partial charge in [-0.1, -0.05) is 12.2 Å². The summed E-state index contributed by atoms with van der Waals surface area (Å²) in [4.78, 5) is 11.4. The molecule has 15 heavy (non-hydrogen) atoms. The molecule has 2 bridgehead atoms. The minimum atomic E-state index is -0.975. The van der Waals surface area contributed by atoms with Gasteiger partial charge in [-0.3, -0.25) is 0 Å². The van der Waals surface area contributed by atoms with E-state index >= 15 is 0 Å². The van der Waals surface area contributed by atoms with Crippen LogP contribution < -0.4 is 0 Å². The van der Waals surface area contributed by atoms with Crippen LogP contribution in [0.1, 0.15) is 33.6 Å². The molecule has 0 heterocycles. The molecule has 0 amide bonds. The Bertz CT molecular complexity index is 313. The molecule has 3 atom stereocenters. The van der Waals surface area contributed by atoms with Crippen molar-refractivity contribution in [2.45, 2.75) is 44.8 Å². The number of hydrogen-bond acceptors (Lipinski definition) is 2. The molecule has 2 aliphatic rings. The van der Waals surface area contributed by atoms with Gasteiger partial charge >= 0.3 is 5.97 Å². The summed E-state index contributed by atoms with van der Waals surface area (Å²) in [7, 11) is 0. The van der Waals surface area contributed by atoms with Gasteiger partial charge < -0.3 is 9.84 Å². The quantitative estimate of drug-likeness (QED) is 0.711. The lowest BCUT2D eigenvalue weighted by Gasteiger charge is -2.37. The van der Waals surface area contributed by atoms with Crippen molar-refractivity contribution < 1.29 is 14.6 Å². The van der Waals surface area contributed by atoms with Crippen molar-refractivity contribution in [3.63, 3.8) is 0 Å². The maximum atomic E-state index is 11.4. The van der Waals surface area contributed by atoms with Crippen LogP contribution in [0.5, 0.6) is 0 Å². The normalized spacial score (nSPS) is 38.6. The van der Waals surface area contributed by atoms with Crippen LogP contribution in [-0.4, -0.2) is 22.3 Å². The van der Waals surface area contributed by atoms with E-state index in [0.717, 1.165) is 6.42 Å². The summed E-state index contributed by atoms with van der Waals surface area (Å²) in [5, 5.41) is 9.39. The van der Waals surface area contributed by atoms with Crippen LogP contribution in [0, 0.1) is 11.8 Å². The number of hydrogen-bond donors (Lipinski definition) is 1. The number of aliphatic carboxylic acids is 1. The highest BCUT2D eigenvalue weighted by molar-refractivity contribution is 5.79. The van der Waals surface area contributed by atoms with Crippen molar-refractivity contribution in [3.05, 3.63) is 12.2 Å². The standard InChI is InChI=1S/C12H18O3/c1-11(2,3)15-12(10(13)14)7-8-4-5-9(12)6-8/h4-5,8-9H,6-7H2,1-3H3,(H,13,14). The summed E-state index contributed by atoms with van der Waals surface area (Å²) in [5.74, 6) is -0.359. The molecule has 0 aromatic heterocycles. The van der Waals surface area contributed by atoms with E-state index in [4.69, 9.17) is 4.74 Å². The second kappa shape index (κ2) is 3.08. The Morgan fingerprint density at radius 3 is 2.47 bits per heavy atom. The Morgan fingerprint density at radius 2 is 2.13 bits per heavy atom. The molecule has 1 saturated carbocycles. The Morgan fingerprint density at radius 1 is 1.47 bits per heavy atom. The van der Waals surface area contributed by atoms with Gasteiger partial charge in [0.25, 0.3) is 0 Å². The average Bonchev–Trinajstić information content (AvgIpc) is 2.59. The highest BCUT2D eigenvalue weighted by Gasteiger charge is 2.56. The summed E-state index contributed by atoms with van der Waals surface area (Å²) in [5.41, 5.74) is -1.38. The van der Waals surface area contributed by atoms with E-state index in [0.29, 0.717) is 12.3 Å². The fraction of sp³-hybridized carbons (Fsp3) is 0.750. The zero-order chi connectivity index (χ0) is 11.3. The largest absolute Gasteiger partial charge is 0.479 e.